The van der Waals surface area contributed by atoms with E-state index in [1.54, 1.807) is 6.20 Å². The van der Waals surface area contributed by atoms with Crippen molar-refractivity contribution in [3.8, 4) is 23.2 Å². The minimum atomic E-state index is -4.61. The molecule has 1 saturated carbocycles. The van der Waals surface area contributed by atoms with Crippen molar-refractivity contribution in [3.05, 3.63) is 54.4 Å². The van der Waals surface area contributed by atoms with Gasteiger partial charge in [0.1, 0.15) is 23.8 Å². The summed E-state index contributed by atoms with van der Waals surface area (Å²) in [6.45, 7) is 1.76. The molecular formula is C29H30F3N9O2. The first kappa shape index (κ1) is 27.8. The second kappa shape index (κ2) is 10.3. The van der Waals surface area contributed by atoms with E-state index in [1.807, 2.05) is 23.1 Å². The van der Waals surface area contributed by atoms with Gasteiger partial charge in [-0.2, -0.15) is 23.5 Å². The van der Waals surface area contributed by atoms with Gasteiger partial charge in [-0.15, -0.1) is 0 Å². The summed E-state index contributed by atoms with van der Waals surface area (Å²) >= 11 is 0. The summed E-state index contributed by atoms with van der Waals surface area (Å²) in [5.41, 5.74) is 6.55. The Labute approximate surface area is 244 Å². The number of piperidine rings is 1. The predicted octanol–water partition coefficient (Wildman–Crippen LogP) is 3.73. The van der Waals surface area contributed by atoms with Crippen LogP contribution < -0.4 is 10.5 Å². The third kappa shape index (κ3) is 5.01. The topological polar surface area (TPSA) is 144 Å². The van der Waals surface area contributed by atoms with E-state index in [9.17, 15) is 18.4 Å². The third-order valence-electron chi connectivity index (χ3n) is 9.00. The maximum atomic E-state index is 13.6. The van der Waals surface area contributed by atoms with E-state index in [4.69, 9.17) is 15.2 Å². The maximum Gasteiger partial charge on any atom is 0.433 e. The molecule has 14 heteroatoms. The number of rotatable bonds is 7. The summed E-state index contributed by atoms with van der Waals surface area (Å²) < 4.78 is 53.8. The molecule has 0 amide bonds. The lowest BCUT2D eigenvalue weighted by molar-refractivity contribution is -0.141. The van der Waals surface area contributed by atoms with Crippen molar-refractivity contribution in [2.45, 2.75) is 61.5 Å². The average molecular weight is 594 g/mol. The minimum absolute atomic E-state index is 0.0632. The molecule has 2 saturated heterocycles. The quantitative estimate of drug-likeness (QED) is 0.328. The molecule has 4 aromatic heterocycles. The van der Waals surface area contributed by atoms with Gasteiger partial charge in [0, 0.05) is 48.5 Å². The second-order valence-electron chi connectivity index (χ2n) is 11.8. The van der Waals surface area contributed by atoms with Crippen LogP contribution in [-0.4, -0.2) is 73.1 Å². The number of ether oxygens (including phenoxy) is 2. The van der Waals surface area contributed by atoms with Gasteiger partial charge in [-0.05, 0) is 43.4 Å². The molecule has 3 aliphatic rings. The SMILES string of the molecule is N#CC[C@]1(n2cc(-c3ncnc4[nH]ccc34)cn2)C[C@@H](N2CCC(Oc3cc(C4(N)COC4)cc(C(F)(F)F)n3)CC2)C1. The molecule has 4 aromatic rings. The molecule has 0 bridgehead atoms. The summed E-state index contributed by atoms with van der Waals surface area (Å²) in [6.07, 6.45) is 5.39. The molecule has 3 fully saturated rings. The highest BCUT2D eigenvalue weighted by molar-refractivity contribution is 5.90. The molecule has 11 nitrogen and oxygen atoms in total. The number of fused-ring (bicyclic) bond motifs is 1. The van der Waals surface area contributed by atoms with E-state index in [1.165, 1.54) is 12.4 Å². The number of nitrogens with zero attached hydrogens (tertiary/aromatic N) is 7. The Morgan fingerprint density at radius 1 is 1.19 bits per heavy atom. The van der Waals surface area contributed by atoms with Gasteiger partial charge in [0.25, 0.3) is 0 Å². The fourth-order valence-corrected chi connectivity index (χ4v) is 6.46. The molecule has 2 aliphatic heterocycles. The Morgan fingerprint density at radius 2 is 1.98 bits per heavy atom. The van der Waals surface area contributed by atoms with E-state index in [-0.39, 0.29) is 31.2 Å². The predicted molar refractivity (Wildman–Crippen MR) is 147 cm³/mol. The number of hydrogen-bond acceptors (Lipinski definition) is 9. The maximum absolute atomic E-state index is 13.6. The van der Waals surface area contributed by atoms with E-state index < -0.39 is 22.9 Å². The molecule has 3 N–H and O–H groups in total. The molecule has 7 rings (SSSR count). The zero-order valence-corrected chi connectivity index (χ0v) is 23.2. The number of nitrogens with two attached hydrogens (primary N) is 1. The second-order valence-corrected chi connectivity index (χ2v) is 11.8. The average Bonchev–Trinajstić information content (AvgIpc) is 3.64. The van der Waals surface area contributed by atoms with Crippen LogP contribution in [-0.2, 0) is 22.0 Å². The zero-order valence-electron chi connectivity index (χ0n) is 23.2. The minimum Gasteiger partial charge on any atom is -0.474 e. The molecule has 0 unspecified atom stereocenters. The Morgan fingerprint density at radius 3 is 2.67 bits per heavy atom. The summed E-state index contributed by atoms with van der Waals surface area (Å²) in [5, 5.41) is 15.2. The van der Waals surface area contributed by atoms with E-state index in [2.05, 4.69) is 36.0 Å². The summed E-state index contributed by atoms with van der Waals surface area (Å²) in [7, 11) is 0. The van der Waals surface area contributed by atoms with Crippen molar-refractivity contribution in [2.75, 3.05) is 26.3 Å². The molecule has 0 radical (unpaired) electrons. The van der Waals surface area contributed by atoms with Crippen LogP contribution in [0, 0.1) is 11.3 Å². The van der Waals surface area contributed by atoms with Crippen LogP contribution in [0.5, 0.6) is 5.88 Å². The number of aromatic nitrogens is 6. The summed E-state index contributed by atoms with van der Waals surface area (Å²) in [4.78, 5) is 17.9. The van der Waals surface area contributed by atoms with Crippen molar-refractivity contribution >= 4 is 11.0 Å². The monoisotopic (exact) mass is 593 g/mol. The molecule has 43 heavy (non-hydrogen) atoms. The normalized spacial score (nSPS) is 24.3. The van der Waals surface area contributed by atoms with Crippen molar-refractivity contribution in [3.63, 3.8) is 0 Å². The van der Waals surface area contributed by atoms with Crippen molar-refractivity contribution < 1.29 is 22.6 Å². The zero-order chi connectivity index (χ0) is 29.8. The molecular weight excluding hydrogens is 563 g/mol. The number of likely N-dealkylation sites (tertiary alicyclic amines) is 1. The van der Waals surface area contributed by atoms with Crippen LogP contribution in [0.4, 0.5) is 13.2 Å². The third-order valence-corrected chi connectivity index (χ3v) is 9.00. The van der Waals surface area contributed by atoms with Crippen molar-refractivity contribution in [2.24, 2.45) is 5.73 Å². The fraction of sp³-hybridized carbons (Fsp3) is 0.483. The molecule has 6 heterocycles. The van der Waals surface area contributed by atoms with Gasteiger partial charge in [-0.1, -0.05) is 0 Å². The fourth-order valence-electron chi connectivity index (χ4n) is 6.46. The highest BCUT2D eigenvalue weighted by Crippen LogP contribution is 2.46. The Kier molecular flexibility index (Phi) is 6.64. The van der Waals surface area contributed by atoms with Gasteiger partial charge in [0.2, 0.25) is 5.88 Å². The number of nitriles is 1. The first-order valence-corrected chi connectivity index (χ1v) is 14.2. The molecule has 1 aliphatic carbocycles. The van der Waals surface area contributed by atoms with Gasteiger partial charge in [-0.3, -0.25) is 9.58 Å². The van der Waals surface area contributed by atoms with Gasteiger partial charge < -0.3 is 20.2 Å². The van der Waals surface area contributed by atoms with Crippen molar-refractivity contribution in [1.29, 1.82) is 5.26 Å². The van der Waals surface area contributed by atoms with Crippen LogP contribution in [0.15, 0.2) is 43.1 Å². The summed E-state index contributed by atoms with van der Waals surface area (Å²) in [6, 6.07) is 7.04. The van der Waals surface area contributed by atoms with Gasteiger partial charge in [0.15, 0.2) is 0 Å². The van der Waals surface area contributed by atoms with E-state index >= 15 is 0 Å². The van der Waals surface area contributed by atoms with Crippen LogP contribution in [0.1, 0.15) is 43.4 Å². The molecule has 0 aromatic carbocycles. The van der Waals surface area contributed by atoms with Gasteiger partial charge in [-0.25, -0.2) is 15.0 Å². The largest absolute Gasteiger partial charge is 0.474 e. The number of pyridine rings is 1. The van der Waals surface area contributed by atoms with E-state index in [0.717, 1.165) is 54.3 Å². The number of halogens is 3. The standard InChI is InChI=1S/C29H30F3N9O2/c30-29(31,32)23-9-19(28(34)15-42-16-28)10-24(39-23)43-21-2-7-40(8-3-21)20-11-27(12-20,4-5-33)41-14-18(13-38-41)25-22-1-6-35-26(22)37-17-36-25/h1,6,9-10,13-14,17,20-21H,2-4,7-8,11-12,15-16,34H2,(H,35,36,37)/t20-,27+. The van der Waals surface area contributed by atoms with Crippen LogP contribution in [0.3, 0.4) is 0 Å². The Balaban J connectivity index is 1.00. The highest BCUT2D eigenvalue weighted by Gasteiger charge is 2.49. The van der Waals surface area contributed by atoms with E-state index in [0.29, 0.717) is 24.8 Å². The number of nitrogens with one attached hydrogen (secondary N) is 1. The molecule has 224 valence electrons. The molecule has 0 atom stereocenters. The first-order valence-electron chi connectivity index (χ1n) is 14.2. The summed E-state index contributed by atoms with van der Waals surface area (Å²) in [5.74, 6) is -0.0632. The number of H-pyrrole nitrogens is 1. The lowest BCUT2D eigenvalue weighted by atomic mass is 9.69. The number of aromatic amines is 1. The van der Waals surface area contributed by atoms with Crippen LogP contribution in [0.25, 0.3) is 22.3 Å². The van der Waals surface area contributed by atoms with Crippen LogP contribution >= 0.6 is 0 Å². The van der Waals surface area contributed by atoms with Gasteiger partial charge >= 0.3 is 6.18 Å². The van der Waals surface area contributed by atoms with Gasteiger partial charge in [0.05, 0.1) is 48.7 Å². The molecule has 0 spiro atoms. The number of hydrogen-bond donors (Lipinski definition) is 2. The smallest absolute Gasteiger partial charge is 0.433 e. The Bertz CT molecular complexity index is 1680. The van der Waals surface area contributed by atoms with Crippen molar-refractivity contribution in [1.82, 2.24) is 34.6 Å². The first-order chi connectivity index (χ1) is 20.7. The number of alkyl halides is 3. The lowest BCUT2D eigenvalue weighted by Gasteiger charge is -2.52. The lowest BCUT2D eigenvalue weighted by Crippen LogP contribution is -2.58. The van der Waals surface area contributed by atoms with Crippen LogP contribution in [0.2, 0.25) is 0 Å². The Hall–Kier alpha value is -4.06. The highest BCUT2D eigenvalue weighted by atomic mass is 19.4.